The first-order valence-electron chi connectivity index (χ1n) is 10.5. The molecule has 1 aromatic heterocycles. The Hall–Kier alpha value is -2.58. The Morgan fingerprint density at radius 1 is 1.26 bits per heavy atom. The van der Waals surface area contributed by atoms with Crippen LogP contribution in [0, 0.1) is 19.7 Å². The zero-order valence-corrected chi connectivity index (χ0v) is 19.1. The number of thiazole rings is 1. The summed E-state index contributed by atoms with van der Waals surface area (Å²) < 4.78 is 14.8. The van der Waals surface area contributed by atoms with Crippen LogP contribution in [0.25, 0.3) is 0 Å². The van der Waals surface area contributed by atoms with E-state index in [2.05, 4.69) is 23.7 Å². The summed E-state index contributed by atoms with van der Waals surface area (Å²) in [5.74, 6) is -2.25. The van der Waals surface area contributed by atoms with Gasteiger partial charge in [0.15, 0.2) is 5.76 Å². The predicted molar refractivity (Wildman–Crippen MR) is 119 cm³/mol. The van der Waals surface area contributed by atoms with Gasteiger partial charge in [0.25, 0.3) is 5.91 Å². The highest BCUT2D eigenvalue weighted by Crippen LogP contribution is 2.41. The molecule has 3 rings (SSSR count). The van der Waals surface area contributed by atoms with E-state index in [1.165, 1.54) is 22.3 Å². The normalized spacial score (nSPS) is 16.6. The molecule has 166 valence electrons. The Morgan fingerprint density at radius 2 is 1.94 bits per heavy atom. The van der Waals surface area contributed by atoms with E-state index < -0.39 is 29.3 Å². The molecule has 2 heterocycles. The second kappa shape index (κ2) is 9.70. The van der Waals surface area contributed by atoms with Crippen molar-refractivity contribution in [3.63, 3.8) is 0 Å². The van der Waals surface area contributed by atoms with Crippen LogP contribution in [-0.2, 0) is 4.79 Å². The molecular weight excluding hydrogens is 417 g/mol. The highest BCUT2D eigenvalue weighted by atomic mass is 32.1. The summed E-state index contributed by atoms with van der Waals surface area (Å²) in [6.45, 7) is 10.5. The van der Waals surface area contributed by atoms with Gasteiger partial charge in [-0.3, -0.25) is 9.59 Å². The number of ketones is 1. The molecule has 31 heavy (non-hydrogen) atoms. The molecule has 1 N–H and O–H groups in total. The van der Waals surface area contributed by atoms with Crippen molar-refractivity contribution in [2.24, 2.45) is 0 Å². The Morgan fingerprint density at radius 3 is 2.52 bits per heavy atom. The summed E-state index contributed by atoms with van der Waals surface area (Å²) in [5, 5.41) is 11.4. The third kappa shape index (κ3) is 4.55. The number of aromatic nitrogens is 1. The molecule has 1 aliphatic heterocycles. The van der Waals surface area contributed by atoms with Gasteiger partial charge in [0.2, 0.25) is 5.78 Å². The van der Waals surface area contributed by atoms with Crippen LogP contribution in [0.5, 0.6) is 0 Å². The molecule has 0 bridgehead atoms. The fourth-order valence-electron chi connectivity index (χ4n) is 4.01. The van der Waals surface area contributed by atoms with Crippen molar-refractivity contribution in [1.82, 2.24) is 14.8 Å². The summed E-state index contributed by atoms with van der Waals surface area (Å²) in [5.41, 5.74) is 0.655. The Kier molecular flexibility index (Phi) is 7.23. The second-order valence-electron chi connectivity index (χ2n) is 7.54. The van der Waals surface area contributed by atoms with E-state index in [0.29, 0.717) is 28.5 Å². The molecule has 0 saturated heterocycles. The average Bonchev–Trinajstić information content (AvgIpc) is 3.21. The van der Waals surface area contributed by atoms with Crippen LogP contribution in [0.3, 0.4) is 0 Å². The fraction of sp³-hybridized carbons (Fsp3) is 0.435. The average molecular weight is 446 g/mol. The lowest BCUT2D eigenvalue weighted by atomic mass is 9.94. The van der Waals surface area contributed by atoms with Gasteiger partial charge in [0, 0.05) is 12.1 Å². The van der Waals surface area contributed by atoms with Crippen LogP contribution in [0.2, 0.25) is 0 Å². The lowest BCUT2D eigenvalue weighted by Gasteiger charge is -2.28. The molecule has 0 aliphatic carbocycles. The van der Waals surface area contributed by atoms with Gasteiger partial charge in [0.05, 0.1) is 27.2 Å². The van der Waals surface area contributed by atoms with Crippen LogP contribution < -0.4 is 0 Å². The van der Waals surface area contributed by atoms with Crippen LogP contribution in [0.4, 0.5) is 4.39 Å². The maximum atomic E-state index is 14.8. The van der Waals surface area contributed by atoms with Crippen LogP contribution in [-0.4, -0.2) is 57.8 Å². The number of aryl methyl sites for hydroxylation is 2. The van der Waals surface area contributed by atoms with Gasteiger partial charge < -0.3 is 14.9 Å². The van der Waals surface area contributed by atoms with Crippen molar-refractivity contribution in [2.75, 3.05) is 26.2 Å². The molecule has 2 aromatic rings. The minimum atomic E-state index is -0.972. The number of Topliss-reactive ketones (excluding diaryl/α,β-unsaturated/α-hetero) is 1. The van der Waals surface area contributed by atoms with Crippen LogP contribution >= 0.6 is 11.3 Å². The van der Waals surface area contributed by atoms with E-state index >= 15 is 0 Å². The largest absolute Gasteiger partial charge is 0.503 e. The quantitative estimate of drug-likeness (QED) is 0.586. The van der Waals surface area contributed by atoms with Crippen molar-refractivity contribution in [3.05, 3.63) is 62.6 Å². The van der Waals surface area contributed by atoms with Gasteiger partial charge >= 0.3 is 0 Å². The molecule has 0 spiro atoms. The van der Waals surface area contributed by atoms with Gasteiger partial charge in [0.1, 0.15) is 5.82 Å². The molecule has 8 heteroatoms. The molecule has 0 saturated carbocycles. The minimum Gasteiger partial charge on any atom is -0.503 e. The molecular formula is C23H28FN3O3S. The maximum absolute atomic E-state index is 14.8. The van der Waals surface area contributed by atoms with Crippen LogP contribution in [0.15, 0.2) is 35.6 Å². The monoisotopic (exact) mass is 445 g/mol. The first kappa shape index (κ1) is 23.1. The number of halogens is 1. The first-order valence-corrected chi connectivity index (χ1v) is 11.3. The van der Waals surface area contributed by atoms with Gasteiger partial charge in [-0.15, -0.1) is 11.3 Å². The summed E-state index contributed by atoms with van der Waals surface area (Å²) in [7, 11) is 0. The molecule has 0 fully saturated rings. The Labute approximate surface area is 186 Å². The van der Waals surface area contributed by atoms with E-state index in [1.807, 2.05) is 0 Å². The number of benzene rings is 1. The van der Waals surface area contributed by atoms with E-state index in [1.54, 1.807) is 32.0 Å². The smallest absolute Gasteiger partial charge is 0.290 e. The standard InChI is InChI=1S/C23H28FN3O3S/c1-5-26(6-2)12-9-13-27-19(16-10-7-8-11-17(16)24)18(21(29)23(27)30)20(28)22-14(3)25-15(4)31-22/h7-8,10-11,19,29H,5-6,9,12-13H2,1-4H3/t19-/m1/s1. The highest BCUT2D eigenvalue weighted by Gasteiger charge is 2.45. The Bertz CT molecular complexity index is 1010. The fourth-order valence-corrected chi connectivity index (χ4v) is 4.88. The number of carbonyl (C=O) groups is 2. The van der Waals surface area contributed by atoms with E-state index in [0.717, 1.165) is 19.6 Å². The van der Waals surface area contributed by atoms with E-state index in [-0.39, 0.29) is 11.1 Å². The summed E-state index contributed by atoms with van der Waals surface area (Å²) in [6, 6.07) is 5.10. The first-order chi connectivity index (χ1) is 14.8. The van der Waals surface area contributed by atoms with Gasteiger partial charge in [-0.2, -0.15) is 0 Å². The SMILES string of the molecule is CCN(CC)CCCN1C(=O)C(O)=C(C(=O)c2sc(C)nc2C)[C@H]1c1ccccc1F. The zero-order chi connectivity index (χ0) is 22.7. The third-order valence-electron chi connectivity index (χ3n) is 5.63. The van der Waals surface area contributed by atoms with Crippen molar-refractivity contribution >= 4 is 23.0 Å². The number of aliphatic hydroxyl groups excluding tert-OH is 1. The molecule has 1 atom stereocenters. The number of amides is 1. The summed E-state index contributed by atoms with van der Waals surface area (Å²) in [4.78, 5) is 34.6. The topological polar surface area (TPSA) is 73.7 Å². The second-order valence-corrected chi connectivity index (χ2v) is 8.75. The Balaban J connectivity index is 2.00. The van der Waals surface area contributed by atoms with Crippen molar-refractivity contribution in [3.8, 4) is 0 Å². The maximum Gasteiger partial charge on any atom is 0.290 e. The van der Waals surface area contributed by atoms with Crippen LogP contribution in [0.1, 0.15) is 52.2 Å². The molecule has 0 unspecified atom stereocenters. The molecule has 1 aliphatic rings. The number of hydrogen-bond acceptors (Lipinski definition) is 6. The highest BCUT2D eigenvalue weighted by molar-refractivity contribution is 7.14. The number of rotatable bonds is 9. The number of carbonyl (C=O) groups excluding carboxylic acids is 2. The van der Waals surface area contributed by atoms with Crippen molar-refractivity contribution in [1.29, 1.82) is 0 Å². The number of hydrogen-bond donors (Lipinski definition) is 1. The van der Waals surface area contributed by atoms with E-state index in [9.17, 15) is 19.1 Å². The molecule has 1 aromatic carbocycles. The summed E-state index contributed by atoms with van der Waals surface area (Å²) in [6.07, 6.45) is 0.645. The van der Waals surface area contributed by atoms with Gasteiger partial charge in [-0.1, -0.05) is 32.0 Å². The zero-order valence-electron chi connectivity index (χ0n) is 18.3. The van der Waals surface area contributed by atoms with Gasteiger partial charge in [-0.05, 0) is 46.0 Å². The lowest BCUT2D eigenvalue weighted by molar-refractivity contribution is -0.129. The van der Waals surface area contributed by atoms with E-state index in [4.69, 9.17) is 0 Å². The summed E-state index contributed by atoms with van der Waals surface area (Å²) >= 11 is 1.21. The van der Waals surface area contributed by atoms with Crippen molar-refractivity contribution in [2.45, 2.75) is 40.2 Å². The predicted octanol–water partition coefficient (Wildman–Crippen LogP) is 4.21. The number of aliphatic hydroxyl groups is 1. The lowest BCUT2D eigenvalue weighted by Crippen LogP contribution is -2.35. The third-order valence-corrected chi connectivity index (χ3v) is 6.70. The number of nitrogens with zero attached hydrogens (tertiary/aromatic N) is 3. The minimum absolute atomic E-state index is 0.0790. The molecule has 1 amide bonds. The molecule has 0 radical (unpaired) electrons. The van der Waals surface area contributed by atoms with Crippen molar-refractivity contribution < 1.29 is 19.1 Å². The van der Waals surface area contributed by atoms with Gasteiger partial charge in [-0.25, -0.2) is 9.37 Å². The molecule has 6 nitrogen and oxygen atoms in total.